The summed E-state index contributed by atoms with van der Waals surface area (Å²) in [7, 11) is 0. The zero-order valence-electron chi connectivity index (χ0n) is 6.18. The molecule has 2 nitrogen and oxygen atoms in total. The van der Waals surface area contributed by atoms with E-state index in [-0.39, 0.29) is 34.0 Å². The third-order valence-electron chi connectivity index (χ3n) is 1.38. The van der Waals surface area contributed by atoms with Crippen molar-refractivity contribution in [1.29, 1.82) is 0 Å². The number of rotatable bonds is 0. The van der Waals surface area contributed by atoms with E-state index in [0.717, 1.165) is 11.0 Å². The van der Waals surface area contributed by atoms with Crippen molar-refractivity contribution < 1.29 is 0 Å². The van der Waals surface area contributed by atoms with Gasteiger partial charge in [0.25, 0.3) is 0 Å². The van der Waals surface area contributed by atoms with Crippen molar-refractivity contribution in [3.63, 3.8) is 0 Å². The van der Waals surface area contributed by atoms with Crippen molar-refractivity contribution >= 4 is 45.0 Å². The molecular formula is C8H8Br2N2. The Morgan fingerprint density at radius 2 is 1.17 bits per heavy atom. The molecule has 1 aromatic heterocycles. The Bertz CT molecular complexity index is 286. The van der Waals surface area contributed by atoms with E-state index in [1.165, 1.54) is 0 Å². The molecule has 0 radical (unpaired) electrons. The van der Waals surface area contributed by atoms with Crippen molar-refractivity contribution in [2.24, 2.45) is 0 Å². The molecule has 12 heavy (non-hydrogen) atoms. The molecule has 0 aliphatic rings. The summed E-state index contributed by atoms with van der Waals surface area (Å²) in [5.74, 6) is 0. The van der Waals surface area contributed by atoms with Crippen LogP contribution >= 0.6 is 34.0 Å². The Kier molecular flexibility index (Phi) is 5.01. The summed E-state index contributed by atoms with van der Waals surface area (Å²) in [5, 5.41) is 0. The third kappa shape index (κ3) is 2.25. The molecule has 0 amide bonds. The van der Waals surface area contributed by atoms with Crippen LogP contribution in [0, 0.1) is 0 Å². The van der Waals surface area contributed by atoms with Gasteiger partial charge < -0.3 is 0 Å². The van der Waals surface area contributed by atoms with Gasteiger partial charge in [-0.2, -0.15) is 0 Å². The second-order valence-corrected chi connectivity index (χ2v) is 2.05. The van der Waals surface area contributed by atoms with Gasteiger partial charge in [0, 0.05) is 12.4 Å². The topological polar surface area (TPSA) is 25.8 Å². The smallest absolute Gasteiger partial charge is 0.0886 e. The van der Waals surface area contributed by atoms with Gasteiger partial charge in [-0.15, -0.1) is 34.0 Å². The van der Waals surface area contributed by atoms with Crippen molar-refractivity contribution in [2.75, 3.05) is 0 Å². The van der Waals surface area contributed by atoms with Crippen LogP contribution in [-0.4, -0.2) is 9.97 Å². The molecule has 0 N–H and O–H groups in total. The Labute approximate surface area is 91.6 Å². The third-order valence-corrected chi connectivity index (χ3v) is 1.38. The van der Waals surface area contributed by atoms with Crippen LogP contribution in [0.2, 0.25) is 0 Å². The maximum Gasteiger partial charge on any atom is 0.0886 e. The SMILES string of the molecule is Br.Br.c1ccc2nccnc2c1. The van der Waals surface area contributed by atoms with E-state index in [0.29, 0.717) is 0 Å². The van der Waals surface area contributed by atoms with E-state index in [4.69, 9.17) is 0 Å². The fraction of sp³-hybridized carbons (Fsp3) is 0. The van der Waals surface area contributed by atoms with Gasteiger partial charge in [-0.1, -0.05) is 12.1 Å². The first-order chi connectivity index (χ1) is 4.97. The van der Waals surface area contributed by atoms with Gasteiger partial charge >= 0.3 is 0 Å². The standard InChI is InChI=1S/C8H6N2.2BrH/c1-2-4-8-7(3-1)9-5-6-10-8;;/h1-6H;2*1H. The van der Waals surface area contributed by atoms with Gasteiger partial charge in [-0.25, -0.2) is 0 Å². The molecule has 0 saturated carbocycles. The summed E-state index contributed by atoms with van der Waals surface area (Å²) in [5.41, 5.74) is 1.90. The summed E-state index contributed by atoms with van der Waals surface area (Å²) in [6.45, 7) is 0. The number of benzene rings is 1. The van der Waals surface area contributed by atoms with Gasteiger partial charge in [0.05, 0.1) is 11.0 Å². The van der Waals surface area contributed by atoms with E-state index < -0.39 is 0 Å². The maximum atomic E-state index is 4.12. The molecule has 1 aromatic carbocycles. The van der Waals surface area contributed by atoms with Gasteiger partial charge in [-0.3, -0.25) is 9.97 Å². The van der Waals surface area contributed by atoms with Crippen molar-refractivity contribution in [3.8, 4) is 0 Å². The number of halogens is 2. The van der Waals surface area contributed by atoms with Crippen LogP contribution in [0.25, 0.3) is 11.0 Å². The van der Waals surface area contributed by atoms with Crippen LogP contribution < -0.4 is 0 Å². The van der Waals surface area contributed by atoms with Gasteiger partial charge in [-0.05, 0) is 12.1 Å². The first-order valence-corrected chi connectivity index (χ1v) is 3.12. The maximum absolute atomic E-state index is 4.12. The lowest BCUT2D eigenvalue weighted by atomic mass is 10.3. The number of hydrogen-bond acceptors (Lipinski definition) is 2. The van der Waals surface area contributed by atoms with Crippen LogP contribution in [-0.2, 0) is 0 Å². The lowest BCUT2D eigenvalue weighted by Gasteiger charge is -1.90. The molecule has 2 aromatic rings. The zero-order chi connectivity index (χ0) is 6.81. The van der Waals surface area contributed by atoms with Crippen molar-refractivity contribution in [3.05, 3.63) is 36.7 Å². The van der Waals surface area contributed by atoms with Crippen molar-refractivity contribution in [2.45, 2.75) is 0 Å². The highest BCUT2D eigenvalue weighted by atomic mass is 79.9. The summed E-state index contributed by atoms with van der Waals surface area (Å²) in [6, 6.07) is 7.80. The zero-order valence-corrected chi connectivity index (χ0v) is 9.60. The minimum atomic E-state index is 0. The predicted molar refractivity (Wildman–Crippen MR) is 60.2 cm³/mol. The van der Waals surface area contributed by atoms with Crippen LogP contribution in [0.5, 0.6) is 0 Å². The first-order valence-electron chi connectivity index (χ1n) is 3.12. The Morgan fingerprint density at radius 3 is 1.58 bits per heavy atom. The van der Waals surface area contributed by atoms with Crippen LogP contribution in [0.15, 0.2) is 36.7 Å². The number of aromatic nitrogens is 2. The molecule has 4 heteroatoms. The van der Waals surface area contributed by atoms with Crippen LogP contribution in [0.4, 0.5) is 0 Å². The highest BCUT2D eigenvalue weighted by molar-refractivity contribution is 8.93. The van der Waals surface area contributed by atoms with E-state index in [1.54, 1.807) is 12.4 Å². The number of fused-ring (bicyclic) bond motifs is 1. The summed E-state index contributed by atoms with van der Waals surface area (Å²) in [6.07, 6.45) is 3.39. The Hall–Kier alpha value is -0.480. The fourth-order valence-corrected chi connectivity index (χ4v) is 0.910. The summed E-state index contributed by atoms with van der Waals surface area (Å²) < 4.78 is 0. The lowest BCUT2D eigenvalue weighted by molar-refractivity contribution is 1.29. The quantitative estimate of drug-likeness (QED) is 0.746. The summed E-state index contributed by atoms with van der Waals surface area (Å²) >= 11 is 0. The van der Waals surface area contributed by atoms with Crippen LogP contribution in [0.3, 0.4) is 0 Å². The molecule has 1 heterocycles. The molecule has 0 bridgehead atoms. The Balaban J connectivity index is 0.000000605. The van der Waals surface area contributed by atoms with E-state index in [9.17, 15) is 0 Å². The van der Waals surface area contributed by atoms with Gasteiger partial charge in [0.15, 0.2) is 0 Å². The second kappa shape index (κ2) is 5.22. The second-order valence-electron chi connectivity index (χ2n) is 2.05. The van der Waals surface area contributed by atoms with E-state index in [1.807, 2.05) is 24.3 Å². The average molecular weight is 292 g/mol. The largest absolute Gasteiger partial charge is 0.253 e. The molecule has 0 spiro atoms. The molecule has 0 saturated heterocycles. The minimum absolute atomic E-state index is 0. The molecule has 0 fully saturated rings. The number of nitrogens with zero attached hydrogens (tertiary/aromatic N) is 2. The van der Waals surface area contributed by atoms with Crippen molar-refractivity contribution in [1.82, 2.24) is 9.97 Å². The summed E-state index contributed by atoms with van der Waals surface area (Å²) in [4.78, 5) is 8.24. The molecule has 64 valence electrons. The Morgan fingerprint density at radius 1 is 0.750 bits per heavy atom. The van der Waals surface area contributed by atoms with E-state index >= 15 is 0 Å². The molecule has 0 unspecified atom stereocenters. The molecule has 2 rings (SSSR count). The highest BCUT2D eigenvalue weighted by Gasteiger charge is 1.88. The number of para-hydroxylation sites is 2. The fourth-order valence-electron chi connectivity index (χ4n) is 0.910. The number of hydrogen-bond donors (Lipinski definition) is 0. The molecule has 0 atom stereocenters. The monoisotopic (exact) mass is 290 g/mol. The molecular weight excluding hydrogens is 284 g/mol. The molecule has 0 aliphatic heterocycles. The van der Waals surface area contributed by atoms with Gasteiger partial charge in [0.2, 0.25) is 0 Å². The lowest BCUT2D eigenvalue weighted by Crippen LogP contribution is -1.78. The van der Waals surface area contributed by atoms with Crippen LogP contribution in [0.1, 0.15) is 0 Å². The predicted octanol–water partition coefficient (Wildman–Crippen LogP) is 2.79. The van der Waals surface area contributed by atoms with E-state index in [2.05, 4.69) is 9.97 Å². The normalized spacial score (nSPS) is 8.33. The first kappa shape index (κ1) is 11.5. The average Bonchev–Trinajstić information content (AvgIpc) is 2.05. The van der Waals surface area contributed by atoms with Gasteiger partial charge in [0.1, 0.15) is 0 Å². The highest BCUT2D eigenvalue weighted by Crippen LogP contribution is 2.04. The minimum Gasteiger partial charge on any atom is -0.253 e. The molecule has 0 aliphatic carbocycles.